The van der Waals surface area contributed by atoms with Gasteiger partial charge < -0.3 is 0 Å². The molecule has 1 aromatic heterocycles. The number of rotatable bonds is 5. The van der Waals surface area contributed by atoms with E-state index in [-0.39, 0.29) is 4.90 Å². The highest BCUT2D eigenvalue weighted by Gasteiger charge is 2.14. The summed E-state index contributed by atoms with van der Waals surface area (Å²) in [5, 5.41) is 0.883. The summed E-state index contributed by atoms with van der Waals surface area (Å²) in [6.45, 7) is 3.67. The summed E-state index contributed by atoms with van der Waals surface area (Å²) >= 11 is 0. The van der Waals surface area contributed by atoms with Crippen LogP contribution in [0.25, 0.3) is 10.9 Å². The number of allylic oxidation sites excluding steroid dienone is 1. The number of pyridine rings is 1. The number of benzene rings is 2. The fourth-order valence-corrected chi connectivity index (χ4v) is 3.37. The Hall–Kier alpha value is -2.66. The monoisotopic (exact) mass is 324 g/mol. The van der Waals surface area contributed by atoms with Gasteiger partial charge >= 0.3 is 0 Å². The maximum atomic E-state index is 12.5. The molecule has 3 aromatic rings. The Morgan fingerprint density at radius 1 is 1.09 bits per heavy atom. The second-order valence-corrected chi connectivity index (χ2v) is 6.84. The van der Waals surface area contributed by atoms with Gasteiger partial charge in [0.2, 0.25) is 0 Å². The van der Waals surface area contributed by atoms with Crippen LogP contribution in [0.5, 0.6) is 0 Å². The van der Waals surface area contributed by atoms with E-state index >= 15 is 0 Å². The topological polar surface area (TPSA) is 59.1 Å². The standard InChI is InChI=1S/C18H16N2O2S/c1-2-4-14-6-9-17(10-7-14)23(21,22)20-16-8-11-18-15(13-16)5-3-12-19-18/h2-3,5-13,20H,1,4H2. The average Bonchev–Trinajstić information content (AvgIpc) is 2.55. The Kier molecular flexibility index (Phi) is 4.12. The third kappa shape index (κ3) is 3.40. The molecule has 2 aromatic carbocycles. The van der Waals surface area contributed by atoms with Crippen LogP contribution in [0.4, 0.5) is 5.69 Å². The lowest BCUT2D eigenvalue weighted by Gasteiger charge is -2.09. The predicted molar refractivity (Wildman–Crippen MR) is 92.9 cm³/mol. The summed E-state index contributed by atoms with van der Waals surface area (Å²) in [5.41, 5.74) is 2.36. The van der Waals surface area contributed by atoms with E-state index in [1.165, 1.54) is 0 Å². The molecule has 0 unspecified atom stereocenters. The van der Waals surface area contributed by atoms with Crippen molar-refractivity contribution in [3.8, 4) is 0 Å². The molecule has 0 saturated heterocycles. The number of aromatic nitrogens is 1. The van der Waals surface area contributed by atoms with Crippen LogP contribution in [0.15, 0.2) is 78.3 Å². The highest BCUT2D eigenvalue weighted by Crippen LogP contribution is 2.21. The van der Waals surface area contributed by atoms with Gasteiger partial charge in [0.05, 0.1) is 10.4 Å². The van der Waals surface area contributed by atoms with E-state index in [4.69, 9.17) is 0 Å². The van der Waals surface area contributed by atoms with E-state index in [9.17, 15) is 8.42 Å². The minimum Gasteiger partial charge on any atom is -0.280 e. The maximum Gasteiger partial charge on any atom is 0.261 e. The number of sulfonamides is 1. The fraction of sp³-hybridized carbons (Fsp3) is 0.0556. The summed E-state index contributed by atoms with van der Waals surface area (Å²) in [5.74, 6) is 0. The summed E-state index contributed by atoms with van der Waals surface area (Å²) in [6, 6.07) is 15.8. The summed E-state index contributed by atoms with van der Waals surface area (Å²) in [6.07, 6.45) is 4.20. The van der Waals surface area contributed by atoms with Gasteiger partial charge in [0.15, 0.2) is 0 Å². The van der Waals surface area contributed by atoms with Crippen LogP contribution in [0.1, 0.15) is 5.56 Å². The molecular weight excluding hydrogens is 308 g/mol. The molecule has 0 fully saturated rings. The van der Waals surface area contributed by atoms with Gasteiger partial charge in [-0.25, -0.2) is 8.42 Å². The van der Waals surface area contributed by atoms with E-state index < -0.39 is 10.0 Å². The molecule has 0 aliphatic rings. The largest absolute Gasteiger partial charge is 0.280 e. The lowest BCUT2D eigenvalue weighted by molar-refractivity contribution is 0.601. The van der Waals surface area contributed by atoms with Crippen molar-refractivity contribution in [1.29, 1.82) is 0 Å². The molecule has 1 N–H and O–H groups in total. The van der Waals surface area contributed by atoms with Crippen LogP contribution in [0.2, 0.25) is 0 Å². The number of nitrogens with one attached hydrogen (secondary N) is 1. The number of anilines is 1. The number of fused-ring (bicyclic) bond motifs is 1. The van der Waals surface area contributed by atoms with Crippen molar-refractivity contribution in [3.05, 3.63) is 79.0 Å². The second-order valence-electron chi connectivity index (χ2n) is 5.15. The molecule has 0 amide bonds. The Bertz CT molecular complexity index is 948. The first kappa shape index (κ1) is 15.2. The zero-order valence-corrected chi connectivity index (χ0v) is 13.3. The first-order chi connectivity index (χ1) is 11.1. The summed E-state index contributed by atoms with van der Waals surface area (Å²) < 4.78 is 27.5. The van der Waals surface area contributed by atoms with Gasteiger partial charge in [-0.1, -0.05) is 24.3 Å². The van der Waals surface area contributed by atoms with Crippen molar-refractivity contribution in [2.24, 2.45) is 0 Å². The minimum absolute atomic E-state index is 0.233. The van der Waals surface area contributed by atoms with Crippen molar-refractivity contribution >= 4 is 26.6 Å². The quantitative estimate of drug-likeness (QED) is 0.727. The molecule has 5 heteroatoms. The molecule has 0 saturated carbocycles. The molecule has 116 valence electrons. The van der Waals surface area contributed by atoms with Crippen LogP contribution in [-0.2, 0) is 16.4 Å². The highest BCUT2D eigenvalue weighted by molar-refractivity contribution is 7.92. The normalized spacial score (nSPS) is 11.3. The average molecular weight is 324 g/mol. The van der Waals surface area contributed by atoms with E-state index in [1.54, 1.807) is 54.7 Å². The SMILES string of the molecule is C=CCc1ccc(S(=O)(=O)Nc2ccc3ncccc3c2)cc1. The molecule has 0 spiro atoms. The Morgan fingerprint density at radius 3 is 2.61 bits per heavy atom. The van der Waals surface area contributed by atoms with Gasteiger partial charge in [-0.2, -0.15) is 0 Å². The lowest BCUT2D eigenvalue weighted by atomic mass is 10.2. The molecule has 4 nitrogen and oxygen atoms in total. The summed E-state index contributed by atoms with van der Waals surface area (Å²) in [4.78, 5) is 4.45. The molecule has 1 heterocycles. The Morgan fingerprint density at radius 2 is 1.87 bits per heavy atom. The van der Waals surface area contributed by atoms with Gasteiger partial charge in [-0.15, -0.1) is 6.58 Å². The molecule has 0 atom stereocenters. The van der Waals surface area contributed by atoms with Gasteiger partial charge in [-0.05, 0) is 48.4 Å². The molecule has 0 bridgehead atoms. The van der Waals surface area contributed by atoms with Crippen molar-refractivity contribution in [2.75, 3.05) is 4.72 Å². The van der Waals surface area contributed by atoms with Crippen molar-refractivity contribution in [3.63, 3.8) is 0 Å². The maximum absolute atomic E-state index is 12.5. The molecule has 0 radical (unpaired) electrons. The van der Waals surface area contributed by atoms with Crippen LogP contribution >= 0.6 is 0 Å². The smallest absolute Gasteiger partial charge is 0.261 e. The van der Waals surface area contributed by atoms with Gasteiger partial charge in [0.1, 0.15) is 0 Å². The highest BCUT2D eigenvalue weighted by atomic mass is 32.2. The lowest BCUT2D eigenvalue weighted by Crippen LogP contribution is -2.12. The molecule has 0 aliphatic carbocycles. The number of hydrogen-bond donors (Lipinski definition) is 1. The van der Waals surface area contributed by atoms with Crippen molar-refractivity contribution in [1.82, 2.24) is 4.98 Å². The third-order valence-corrected chi connectivity index (χ3v) is 4.87. The number of hydrogen-bond acceptors (Lipinski definition) is 3. The first-order valence-electron chi connectivity index (χ1n) is 7.16. The zero-order chi connectivity index (χ0) is 16.3. The van der Waals surface area contributed by atoms with Crippen molar-refractivity contribution in [2.45, 2.75) is 11.3 Å². The fourth-order valence-electron chi connectivity index (χ4n) is 2.32. The molecule has 23 heavy (non-hydrogen) atoms. The first-order valence-corrected chi connectivity index (χ1v) is 8.64. The van der Waals surface area contributed by atoms with Crippen LogP contribution in [-0.4, -0.2) is 13.4 Å². The van der Waals surface area contributed by atoms with E-state index in [2.05, 4.69) is 16.3 Å². The van der Waals surface area contributed by atoms with E-state index in [1.807, 2.05) is 12.1 Å². The van der Waals surface area contributed by atoms with E-state index in [0.717, 1.165) is 16.5 Å². The third-order valence-electron chi connectivity index (χ3n) is 3.47. The predicted octanol–water partition coefficient (Wildman–Crippen LogP) is 3.76. The summed E-state index contributed by atoms with van der Waals surface area (Å²) in [7, 11) is -3.61. The minimum atomic E-state index is -3.61. The second kappa shape index (κ2) is 6.22. The van der Waals surface area contributed by atoms with Crippen LogP contribution < -0.4 is 4.72 Å². The van der Waals surface area contributed by atoms with Gasteiger partial charge in [0.25, 0.3) is 10.0 Å². The van der Waals surface area contributed by atoms with E-state index in [0.29, 0.717) is 12.1 Å². The number of nitrogens with zero attached hydrogens (tertiary/aromatic N) is 1. The zero-order valence-electron chi connectivity index (χ0n) is 12.4. The van der Waals surface area contributed by atoms with Gasteiger partial charge in [-0.3, -0.25) is 9.71 Å². The molecule has 3 rings (SSSR count). The van der Waals surface area contributed by atoms with Crippen LogP contribution in [0, 0.1) is 0 Å². The Balaban J connectivity index is 1.88. The molecular formula is C18H16N2O2S. The van der Waals surface area contributed by atoms with Crippen LogP contribution in [0.3, 0.4) is 0 Å². The van der Waals surface area contributed by atoms with Gasteiger partial charge in [0, 0.05) is 17.3 Å². The van der Waals surface area contributed by atoms with Crippen molar-refractivity contribution < 1.29 is 8.42 Å². The molecule has 0 aliphatic heterocycles. The Labute approximate surface area is 135 Å².